The molecule has 0 saturated heterocycles. The predicted molar refractivity (Wildman–Crippen MR) is 38.5 cm³/mol. The maximum absolute atomic E-state index is 8.66. The van der Waals surface area contributed by atoms with Crippen LogP contribution in [-0.4, -0.2) is 28.3 Å². The lowest BCUT2D eigenvalue weighted by Gasteiger charge is -2.39. The number of aliphatic hydroxyl groups excluding tert-OH is 2. The van der Waals surface area contributed by atoms with Crippen LogP contribution in [0.25, 0.3) is 0 Å². The van der Waals surface area contributed by atoms with Gasteiger partial charge in [0.2, 0.25) is 0 Å². The van der Waals surface area contributed by atoms with Gasteiger partial charge in [-0.2, -0.15) is 0 Å². The lowest BCUT2D eigenvalue weighted by Crippen LogP contribution is -2.41. The molecule has 0 aromatic rings. The van der Waals surface area contributed by atoms with Crippen molar-refractivity contribution in [3.05, 3.63) is 0 Å². The van der Waals surface area contributed by atoms with Gasteiger partial charge in [-0.1, -0.05) is 15.9 Å². The molecule has 0 spiro atoms. The summed E-state index contributed by atoms with van der Waals surface area (Å²) in [6.45, 7) is 0.485. The van der Waals surface area contributed by atoms with E-state index in [1.807, 2.05) is 0 Å². The number of halogens is 1. The van der Waals surface area contributed by atoms with Gasteiger partial charge in [0, 0.05) is 18.0 Å². The third-order valence-electron chi connectivity index (χ3n) is 1.98. The van der Waals surface area contributed by atoms with Crippen molar-refractivity contribution in [2.45, 2.75) is 11.2 Å². The molecule has 2 nitrogen and oxygen atoms in total. The highest BCUT2D eigenvalue weighted by molar-refractivity contribution is 9.09. The largest absolute Gasteiger partial charge is 0.396 e. The van der Waals surface area contributed by atoms with Gasteiger partial charge in [-0.25, -0.2) is 0 Å². The van der Waals surface area contributed by atoms with Crippen LogP contribution in [0.3, 0.4) is 0 Å². The molecule has 0 radical (unpaired) electrons. The second-order valence-corrected chi connectivity index (χ2v) is 3.62. The van der Waals surface area contributed by atoms with Crippen molar-refractivity contribution in [1.29, 1.82) is 0 Å². The van der Waals surface area contributed by atoms with Crippen LogP contribution < -0.4 is 0 Å². The summed E-state index contributed by atoms with van der Waals surface area (Å²) in [5.74, 6) is 0.754. The smallest absolute Gasteiger partial charge is 0.0470 e. The third-order valence-corrected chi connectivity index (χ3v) is 3.47. The van der Waals surface area contributed by atoms with Crippen molar-refractivity contribution < 1.29 is 10.2 Å². The summed E-state index contributed by atoms with van der Waals surface area (Å²) < 4.78 is 0. The van der Waals surface area contributed by atoms with Crippen molar-refractivity contribution in [3.8, 4) is 0 Å². The standard InChI is InChI=1S/C6H11BrO2/c7-6-4(2-8)1-5(6)3-9/h4-6,8-9H,1-3H2. The molecule has 0 heterocycles. The van der Waals surface area contributed by atoms with E-state index < -0.39 is 0 Å². The molecule has 0 aliphatic heterocycles. The Kier molecular flexibility index (Phi) is 2.50. The molecular weight excluding hydrogens is 184 g/mol. The Hall–Kier alpha value is 0.400. The van der Waals surface area contributed by atoms with Crippen molar-refractivity contribution in [1.82, 2.24) is 0 Å². The number of hydrogen-bond donors (Lipinski definition) is 2. The van der Waals surface area contributed by atoms with Crippen LogP contribution in [0.1, 0.15) is 6.42 Å². The number of rotatable bonds is 2. The van der Waals surface area contributed by atoms with Crippen LogP contribution in [0.15, 0.2) is 0 Å². The van der Waals surface area contributed by atoms with E-state index in [-0.39, 0.29) is 13.2 Å². The van der Waals surface area contributed by atoms with Gasteiger partial charge < -0.3 is 10.2 Å². The second-order valence-electron chi connectivity index (χ2n) is 2.57. The topological polar surface area (TPSA) is 40.5 Å². The summed E-state index contributed by atoms with van der Waals surface area (Å²) >= 11 is 3.39. The monoisotopic (exact) mass is 194 g/mol. The highest BCUT2D eigenvalue weighted by Crippen LogP contribution is 2.38. The van der Waals surface area contributed by atoms with E-state index in [2.05, 4.69) is 15.9 Å². The molecule has 1 fully saturated rings. The Morgan fingerprint density at radius 3 is 1.89 bits per heavy atom. The second kappa shape index (κ2) is 2.99. The Balaban J connectivity index is 2.24. The maximum atomic E-state index is 8.66. The minimum Gasteiger partial charge on any atom is -0.396 e. The fraction of sp³-hybridized carbons (Fsp3) is 1.00. The van der Waals surface area contributed by atoms with E-state index in [1.54, 1.807) is 0 Å². The summed E-state index contributed by atoms with van der Waals surface area (Å²) in [6, 6.07) is 0. The molecule has 9 heavy (non-hydrogen) atoms. The molecule has 1 aliphatic carbocycles. The zero-order chi connectivity index (χ0) is 6.85. The summed E-state index contributed by atoms with van der Waals surface area (Å²) in [5, 5.41) is 17.3. The lowest BCUT2D eigenvalue weighted by atomic mass is 9.76. The first-order chi connectivity index (χ1) is 4.29. The average molecular weight is 195 g/mol. The van der Waals surface area contributed by atoms with E-state index in [1.165, 1.54) is 0 Å². The zero-order valence-electron chi connectivity index (χ0n) is 5.13. The molecule has 0 bridgehead atoms. The first-order valence-electron chi connectivity index (χ1n) is 3.15. The zero-order valence-corrected chi connectivity index (χ0v) is 6.71. The Morgan fingerprint density at radius 1 is 1.22 bits per heavy atom. The molecular formula is C6H11BrO2. The number of alkyl halides is 1. The summed E-state index contributed by atoms with van der Waals surface area (Å²) in [5.41, 5.74) is 0. The Labute approximate surface area is 63.0 Å². The molecule has 0 aromatic heterocycles. The van der Waals surface area contributed by atoms with E-state index in [4.69, 9.17) is 10.2 Å². The van der Waals surface area contributed by atoms with Gasteiger partial charge in [0.25, 0.3) is 0 Å². The molecule has 3 heteroatoms. The highest BCUT2D eigenvalue weighted by Gasteiger charge is 2.37. The molecule has 2 atom stereocenters. The first kappa shape index (κ1) is 7.51. The summed E-state index contributed by atoms with van der Waals surface area (Å²) in [4.78, 5) is 0.340. The van der Waals surface area contributed by atoms with E-state index in [0.717, 1.165) is 6.42 Å². The first-order valence-corrected chi connectivity index (χ1v) is 4.07. The van der Waals surface area contributed by atoms with Gasteiger partial charge >= 0.3 is 0 Å². The Bertz CT molecular complexity index is 87.1. The van der Waals surface area contributed by atoms with Gasteiger partial charge in [-0.3, -0.25) is 0 Å². The molecule has 1 rings (SSSR count). The van der Waals surface area contributed by atoms with Crippen LogP contribution in [-0.2, 0) is 0 Å². The fourth-order valence-corrected chi connectivity index (χ4v) is 1.95. The Morgan fingerprint density at radius 2 is 1.67 bits per heavy atom. The van der Waals surface area contributed by atoms with Gasteiger partial charge in [0.05, 0.1) is 0 Å². The van der Waals surface area contributed by atoms with Gasteiger partial charge in [0.15, 0.2) is 0 Å². The predicted octanol–water partition coefficient (Wildman–Crippen LogP) is 0.371. The summed E-state index contributed by atoms with van der Waals surface area (Å²) in [6.07, 6.45) is 0.961. The molecule has 2 unspecified atom stereocenters. The van der Waals surface area contributed by atoms with Crippen LogP contribution in [0.2, 0.25) is 0 Å². The van der Waals surface area contributed by atoms with Crippen molar-refractivity contribution >= 4 is 15.9 Å². The van der Waals surface area contributed by atoms with Crippen molar-refractivity contribution in [2.75, 3.05) is 13.2 Å². The quantitative estimate of drug-likeness (QED) is 0.625. The van der Waals surface area contributed by atoms with Crippen molar-refractivity contribution in [2.24, 2.45) is 11.8 Å². The molecule has 54 valence electrons. The maximum Gasteiger partial charge on any atom is 0.0470 e. The van der Waals surface area contributed by atoms with Gasteiger partial charge in [-0.05, 0) is 18.3 Å². The molecule has 2 N–H and O–H groups in total. The average Bonchev–Trinajstić information content (AvgIpc) is 1.87. The molecule has 1 aliphatic rings. The minimum absolute atomic E-state index is 0.242. The van der Waals surface area contributed by atoms with E-state index in [9.17, 15) is 0 Å². The van der Waals surface area contributed by atoms with Crippen molar-refractivity contribution in [3.63, 3.8) is 0 Å². The minimum atomic E-state index is 0.242. The molecule has 0 aromatic carbocycles. The fourth-order valence-electron chi connectivity index (χ4n) is 1.19. The van der Waals surface area contributed by atoms with Crippen LogP contribution in [0, 0.1) is 11.8 Å². The van der Waals surface area contributed by atoms with E-state index >= 15 is 0 Å². The lowest BCUT2D eigenvalue weighted by molar-refractivity contribution is 0.0770. The third kappa shape index (κ3) is 1.28. The highest BCUT2D eigenvalue weighted by atomic mass is 79.9. The van der Waals surface area contributed by atoms with Gasteiger partial charge in [-0.15, -0.1) is 0 Å². The number of hydrogen-bond acceptors (Lipinski definition) is 2. The van der Waals surface area contributed by atoms with Crippen LogP contribution >= 0.6 is 15.9 Å². The number of aliphatic hydroxyl groups is 2. The van der Waals surface area contributed by atoms with Crippen LogP contribution in [0.4, 0.5) is 0 Å². The SMILES string of the molecule is OCC1CC(CO)C1Br. The normalized spacial score (nSPS) is 42.3. The molecule has 1 saturated carbocycles. The van der Waals surface area contributed by atoms with Crippen LogP contribution in [0.5, 0.6) is 0 Å². The van der Waals surface area contributed by atoms with E-state index in [0.29, 0.717) is 16.7 Å². The van der Waals surface area contributed by atoms with Gasteiger partial charge in [0.1, 0.15) is 0 Å². The summed E-state index contributed by atoms with van der Waals surface area (Å²) in [7, 11) is 0. The molecule has 0 amide bonds.